The monoisotopic (exact) mass is 953 g/mol. The Morgan fingerprint density at radius 2 is 1.00 bits per heavy atom. The van der Waals surface area contributed by atoms with Gasteiger partial charge in [0.05, 0.1) is 51.2 Å². The van der Waals surface area contributed by atoms with Crippen LogP contribution >= 0.6 is 0 Å². The zero-order chi connectivity index (χ0) is 49.7. The molecule has 3 aliphatic carbocycles. The second-order valence-electron chi connectivity index (χ2n) is 29.5. The molecule has 0 aromatic heterocycles. The third-order valence-electron chi connectivity index (χ3n) is 18.8. The number of carbonyl (C=O) groups is 1. The van der Waals surface area contributed by atoms with Crippen molar-refractivity contribution < 1.29 is 19.0 Å². The molecule has 0 aromatic carbocycles. The molecule has 2 bridgehead atoms. The molecule has 10 heteroatoms. The predicted molar refractivity (Wildman–Crippen MR) is 281 cm³/mol. The van der Waals surface area contributed by atoms with Gasteiger partial charge in [0.1, 0.15) is 6.29 Å². The summed E-state index contributed by atoms with van der Waals surface area (Å²) in [6.45, 7) is 59.7. The number of hydrogen-bond acceptors (Lipinski definition) is 10. The van der Waals surface area contributed by atoms with E-state index in [1.807, 2.05) is 0 Å². The Morgan fingerprint density at radius 3 is 1.28 bits per heavy atom. The number of aldehydes is 1. The summed E-state index contributed by atoms with van der Waals surface area (Å²) in [5, 5.41) is 0. The Labute approximate surface area is 419 Å². The lowest BCUT2D eigenvalue weighted by atomic mass is 9.75. The van der Waals surface area contributed by atoms with E-state index in [1.54, 1.807) is 0 Å². The molecule has 0 radical (unpaired) electrons. The van der Waals surface area contributed by atoms with Gasteiger partial charge in [-0.3, -0.25) is 24.5 Å². The molecule has 10 nitrogen and oxygen atoms in total. The third-order valence-corrected chi connectivity index (χ3v) is 18.8. The summed E-state index contributed by atoms with van der Waals surface area (Å²) in [6.07, 6.45) is 6.50. The van der Waals surface area contributed by atoms with E-state index in [4.69, 9.17) is 14.2 Å². The quantitative estimate of drug-likeness (QED) is 0.242. The van der Waals surface area contributed by atoms with Gasteiger partial charge in [-0.05, 0) is 157 Å². The molecular formula is C58H108N6O4. The lowest BCUT2D eigenvalue weighted by Gasteiger charge is -2.51. The van der Waals surface area contributed by atoms with Gasteiger partial charge in [-0.2, -0.15) is 0 Å². The number of rotatable bonds is 6. The van der Waals surface area contributed by atoms with Gasteiger partial charge in [-0.25, -0.2) is 0 Å². The van der Waals surface area contributed by atoms with E-state index in [0.29, 0.717) is 45.9 Å². The maximum absolute atomic E-state index is 10.3. The van der Waals surface area contributed by atoms with Crippen LogP contribution in [0.1, 0.15) is 143 Å². The number of likely N-dealkylation sites (tertiary alicyclic amines) is 6. The fraction of sp³-hybridized carbons (Fsp3) is 0.983. The molecular weight excluding hydrogens is 845 g/mol. The zero-order valence-electron chi connectivity index (χ0n) is 47.3. The molecule has 12 aliphatic rings. The fourth-order valence-electron chi connectivity index (χ4n) is 13.7. The zero-order valence-corrected chi connectivity index (χ0v) is 47.3. The largest absolute Gasteiger partial charge is 0.378 e. The average Bonchev–Trinajstić information content (AvgIpc) is 3.86. The Bertz CT molecular complexity index is 1550. The van der Waals surface area contributed by atoms with Crippen LogP contribution in [-0.4, -0.2) is 189 Å². The van der Waals surface area contributed by atoms with Crippen LogP contribution in [0, 0.1) is 69.5 Å². The van der Waals surface area contributed by atoms with Crippen molar-refractivity contribution >= 4 is 6.29 Å². The van der Waals surface area contributed by atoms with Crippen LogP contribution in [0.4, 0.5) is 0 Å². The van der Waals surface area contributed by atoms with E-state index in [1.165, 1.54) is 91.3 Å². The molecule has 0 spiro atoms. The number of ether oxygens (including phenoxy) is 3. The van der Waals surface area contributed by atoms with Crippen molar-refractivity contribution in [3.8, 4) is 0 Å². The summed E-state index contributed by atoms with van der Waals surface area (Å²) < 4.78 is 15.9. The second-order valence-corrected chi connectivity index (χ2v) is 29.5. The fourth-order valence-corrected chi connectivity index (χ4v) is 13.7. The standard InChI is InChI=1S/2C12H21NO.C10H19NO.C9H17N.C8H15NO.C7H15N/c1-12(2,3)11-9-4-13(5-10(9)11)8-6-14-7-8;1-12(2,3)11-9-7-13(5-4-6-14)8-10(9)11;1-10(2,3)8-4-11(5-8)9-6-12-7-9;1-9(2,3)10-5-7-4-8(7)6-10;1-6(2)9-4-8-3-7(9)5-10-8;1-7(2,3)8-5-4-6-8/h8-11H,4-7H2,1-3H3;6,9-11H,4-5,7-8H2,1-3H3;8-9H,4-7H2,1-3H3;7-8H,4-6H2,1-3H3;6-8H,3-5H2,1-2H3;4-6H2,1-3H3/t2*9-,10?,11?;;;7-,8?;/m11..0./s1. The highest BCUT2D eigenvalue weighted by Gasteiger charge is 2.61. The molecule has 12 rings (SSSR count). The van der Waals surface area contributed by atoms with E-state index in [-0.39, 0.29) is 0 Å². The minimum atomic E-state index is 0.424. The van der Waals surface area contributed by atoms with E-state index in [0.717, 1.165) is 117 Å². The van der Waals surface area contributed by atoms with Crippen molar-refractivity contribution in [1.29, 1.82) is 0 Å². The molecule has 10 atom stereocenters. The Kier molecular flexibility index (Phi) is 17.5. The first-order valence-corrected chi connectivity index (χ1v) is 28.3. The molecule has 3 saturated carbocycles. The molecule has 0 aromatic rings. The van der Waals surface area contributed by atoms with E-state index in [9.17, 15) is 4.79 Å². The van der Waals surface area contributed by atoms with E-state index in [2.05, 4.69) is 147 Å². The molecule has 0 N–H and O–H groups in total. The first kappa shape index (κ1) is 55.1. The first-order valence-electron chi connectivity index (χ1n) is 28.3. The maximum Gasteiger partial charge on any atom is 0.121 e. The summed E-state index contributed by atoms with van der Waals surface area (Å²) in [5.74, 6) is 8.89. The van der Waals surface area contributed by atoms with Crippen LogP contribution in [0.2, 0.25) is 0 Å². The van der Waals surface area contributed by atoms with Crippen molar-refractivity contribution in [2.24, 2.45) is 69.5 Å². The summed E-state index contributed by atoms with van der Waals surface area (Å²) in [6, 6.07) is 2.97. The molecule has 9 aliphatic heterocycles. The van der Waals surface area contributed by atoms with Crippen LogP contribution < -0.4 is 0 Å². The Hall–Kier alpha value is -0.690. The van der Waals surface area contributed by atoms with Crippen LogP contribution in [0.3, 0.4) is 0 Å². The van der Waals surface area contributed by atoms with Gasteiger partial charge < -0.3 is 23.9 Å². The van der Waals surface area contributed by atoms with Gasteiger partial charge in [0.2, 0.25) is 0 Å². The molecule has 68 heavy (non-hydrogen) atoms. The number of nitrogens with zero attached hydrogens (tertiary/aromatic N) is 6. The number of morpholine rings is 1. The first-order chi connectivity index (χ1) is 31.6. The number of piperidine rings is 3. The summed E-state index contributed by atoms with van der Waals surface area (Å²) in [5.41, 5.74) is 2.39. The average molecular weight is 954 g/mol. The number of hydrogen-bond donors (Lipinski definition) is 0. The molecule has 9 heterocycles. The molecule has 9 saturated heterocycles. The van der Waals surface area contributed by atoms with Crippen molar-refractivity contribution in [3.63, 3.8) is 0 Å². The number of fused-ring (bicyclic) bond motifs is 5. The van der Waals surface area contributed by atoms with Crippen LogP contribution in [-0.2, 0) is 19.0 Å². The Morgan fingerprint density at radius 1 is 0.529 bits per heavy atom. The van der Waals surface area contributed by atoms with E-state index < -0.39 is 0 Å². The SMILES string of the molecule is CC(C)(C)C1C2CN(C3COC3)C[C@H]21.CC(C)(C)C1C2CN(CCC=O)C[C@H]21.CC(C)(C)C1CN(C2COC2)C1.CC(C)(C)N1CC2CC2C1.CC(C)(C)N1CCC1.CC(C)N1CC2C[C@H]1CO2. The summed E-state index contributed by atoms with van der Waals surface area (Å²) in [4.78, 5) is 25.6. The van der Waals surface area contributed by atoms with Crippen LogP contribution in [0.25, 0.3) is 0 Å². The summed E-state index contributed by atoms with van der Waals surface area (Å²) in [7, 11) is 0. The van der Waals surface area contributed by atoms with Crippen molar-refractivity contribution in [2.45, 2.75) is 185 Å². The highest BCUT2D eigenvalue weighted by atomic mass is 16.5. The van der Waals surface area contributed by atoms with E-state index >= 15 is 0 Å². The molecule has 394 valence electrons. The van der Waals surface area contributed by atoms with Crippen molar-refractivity contribution in [3.05, 3.63) is 0 Å². The Balaban J connectivity index is 0.000000122. The topological polar surface area (TPSA) is 64.2 Å². The highest BCUT2D eigenvalue weighted by molar-refractivity contribution is 5.49. The van der Waals surface area contributed by atoms with Gasteiger partial charge in [0.25, 0.3) is 0 Å². The lowest BCUT2D eigenvalue weighted by Crippen LogP contribution is -2.61. The van der Waals surface area contributed by atoms with Gasteiger partial charge in [0.15, 0.2) is 0 Å². The van der Waals surface area contributed by atoms with Crippen molar-refractivity contribution in [1.82, 2.24) is 29.4 Å². The smallest absolute Gasteiger partial charge is 0.121 e. The van der Waals surface area contributed by atoms with Gasteiger partial charge in [-0.1, -0.05) is 62.3 Å². The summed E-state index contributed by atoms with van der Waals surface area (Å²) >= 11 is 0. The van der Waals surface area contributed by atoms with Crippen molar-refractivity contribution in [2.75, 3.05) is 112 Å². The number of carbonyl (C=O) groups excluding carboxylic acids is 1. The van der Waals surface area contributed by atoms with Crippen LogP contribution in [0.15, 0.2) is 0 Å². The minimum absolute atomic E-state index is 0.424. The predicted octanol–water partition coefficient (Wildman–Crippen LogP) is 8.87. The third kappa shape index (κ3) is 14.1. The maximum atomic E-state index is 10.3. The van der Waals surface area contributed by atoms with Gasteiger partial charge in [-0.15, -0.1) is 0 Å². The van der Waals surface area contributed by atoms with Gasteiger partial charge in [0, 0.05) is 95.0 Å². The second kappa shape index (κ2) is 21.6. The molecule has 0 amide bonds. The minimum Gasteiger partial charge on any atom is -0.378 e. The lowest BCUT2D eigenvalue weighted by molar-refractivity contribution is -0.117. The highest BCUT2D eigenvalue weighted by Crippen LogP contribution is 2.61. The normalized spacial score (nSPS) is 36.0. The molecule has 7 unspecified atom stereocenters. The molecule has 12 fully saturated rings. The van der Waals surface area contributed by atoms with Gasteiger partial charge >= 0.3 is 0 Å². The van der Waals surface area contributed by atoms with Crippen LogP contribution in [0.5, 0.6) is 0 Å².